The standard InChI is InChI=1S/C15H12FNO2/c1-2-19-14(18)15(16,10-17)13-9-5-7-11-6-3-4-8-12(11)13/h3-9H,2H2,1H3/t15-/m0/s1. The van der Waals surface area contributed by atoms with E-state index in [1.807, 2.05) is 6.07 Å². The van der Waals surface area contributed by atoms with Crippen LogP contribution in [0.3, 0.4) is 0 Å². The summed E-state index contributed by atoms with van der Waals surface area (Å²) in [5, 5.41) is 10.4. The van der Waals surface area contributed by atoms with Gasteiger partial charge in [-0.1, -0.05) is 42.5 Å². The van der Waals surface area contributed by atoms with Crippen molar-refractivity contribution in [2.45, 2.75) is 12.6 Å². The summed E-state index contributed by atoms with van der Waals surface area (Å²) in [5.41, 5.74) is -2.76. The normalized spacial score (nSPS) is 13.5. The number of nitrogens with zero attached hydrogens (tertiary/aromatic N) is 1. The van der Waals surface area contributed by atoms with E-state index in [9.17, 15) is 9.18 Å². The maximum absolute atomic E-state index is 14.7. The van der Waals surface area contributed by atoms with Crippen LogP contribution >= 0.6 is 0 Å². The van der Waals surface area contributed by atoms with Crippen LogP contribution in [0.2, 0.25) is 0 Å². The smallest absolute Gasteiger partial charge is 0.363 e. The van der Waals surface area contributed by atoms with E-state index in [0.29, 0.717) is 5.39 Å². The van der Waals surface area contributed by atoms with E-state index in [2.05, 4.69) is 4.74 Å². The van der Waals surface area contributed by atoms with Crippen molar-refractivity contribution in [3.8, 4) is 6.07 Å². The number of nitriles is 1. The van der Waals surface area contributed by atoms with Crippen LogP contribution in [0.25, 0.3) is 10.8 Å². The molecular formula is C15H12FNO2. The van der Waals surface area contributed by atoms with E-state index in [-0.39, 0.29) is 12.2 Å². The lowest BCUT2D eigenvalue weighted by molar-refractivity contribution is -0.154. The summed E-state index contributed by atoms with van der Waals surface area (Å²) < 4.78 is 19.4. The first-order valence-corrected chi connectivity index (χ1v) is 5.89. The molecule has 0 spiro atoms. The number of hydrogen-bond donors (Lipinski definition) is 0. The van der Waals surface area contributed by atoms with E-state index < -0.39 is 11.6 Å². The van der Waals surface area contributed by atoms with Gasteiger partial charge in [0.2, 0.25) is 0 Å². The molecule has 0 aliphatic heterocycles. The Balaban J connectivity index is 2.65. The topological polar surface area (TPSA) is 50.1 Å². The molecule has 19 heavy (non-hydrogen) atoms. The predicted octanol–water partition coefficient (Wildman–Crippen LogP) is 3.09. The van der Waals surface area contributed by atoms with E-state index in [4.69, 9.17) is 5.26 Å². The molecule has 2 aromatic rings. The van der Waals surface area contributed by atoms with Gasteiger partial charge in [-0.2, -0.15) is 5.26 Å². The molecule has 2 rings (SSSR count). The van der Waals surface area contributed by atoms with Gasteiger partial charge in [0.1, 0.15) is 6.07 Å². The number of fused-ring (bicyclic) bond motifs is 1. The van der Waals surface area contributed by atoms with Crippen LogP contribution in [0.15, 0.2) is 42.5 Å². The van der Waals surface area contributed by atoms with E-state index in [0.717, 1.165) is 5.39 Å². The first-order chi connectivity index (χ1) is 9.13. The minimum Gasteiger partial charge on any atom is -0.463 e. The number of alkyl halides is 1. The Morgan fingerprint density at radius 2 is 2.00 bits per heavy atom. The maximum Gasteiger partial charge on any atom is 0.363 e. The number of hydrogen-bond acceptors (Lipinski definition) is 3. The Labute approximate surface area is 110 Å². The number of rotatable bonds is 3. The fourth-order valence-electron chi connectivity index (χ4n) is 1.97. The molecule has 0 N–H and O–H groups in total. The van der Waals surface area contributed by atoms with Crippen molar-refractivity contribution in [2.24, 2.45) is 0 Å². The molecule has 0 aromatic heterocycles. The Morgan fingerprint density at radius 3 is 2.68 bits per heavy atom. The number of benzene rings is 2. The molecule has 0 radical (unpaired) electrons. The average Bonchev–Trinajstić information content (AvgIpc) is 2.46. The van der Waals surface area contributed by atoms with Gasteiger partial charge >= 0.3 is 11.6 Å². The molecule has 0 aliphatic rings. The van der Waals surface area contributed by atoms with Crippen molar-refractivity contribution in [2.75, 3.05) is 6.61 Å². The van der Waals surface area contributed by atoms with Crippen molar-refractivity contribution in [1.82, 2.24) is 0 Å². The van der Waals surface area contributed by atoms with Gasteiger partial charge in [0.15, 0.2) is 0 Å². The fourth-order valence-corrected chi connectivity index (χ4v) is 1.97. The lowest BCUT2D eigenvalue weighted by Crippen LogP contribution is -2.31. The molecule has 2 aromatic carbocycles. The molecule has 0 bridgehead atoms. The summed E-state index contributed by atoms with van der Waals surface area (Å²) >= 11 is 0. The molecule has 0 saturated heterocycles. The minimum atomic E-state index is -2.78. The summed E-state index contributed by atoms with van der Waals surface area (Å²) in [6, 6.07) is 13.3. The zero-order valence-corrected chi connectivity index (χ0v) is 10.4. The van der Waals surface area contributed by atoms with E-state index in [1.165, 1.54) is 12.1 Å². The lowest BCUT2D eigenvalue weighted by Gasteiger charge is -2.17. The molecule has 0 unspecified atom stereocenters. The highest BCUT2D eigenvalue weighted by Gasteiger charge is 2.43. The van der Waals surface area contributed by atoms with Crippen molar-refractivity contribution >= 4 is 16.7 Å². The van der Waals surface area contributed by atoms with Gasteiger partial charge in [-0.25, -0.2) is 9.18 Å². The van der Waals surface area contributed by atoms with Crippen LogP contribution in [0.5, 0.6) is 0 Å². The van der Waals surface area contributed by atoms with E-state index in [1.54, 1.807) is 37.3 Å². The zero-order valence-electron chi connectivity index (χ0n) is 10.4. The highest BCUT2D eigenvalue weighted by atomic mass is 19.1. The van der Waals surface area contributed by atoms with Crippen molar-refractivity contribution in [3.05, 3.63) is 48.0 Å². The van der Waals surface area contributed by atoms with Crippen LogP contribution in [0.1, 0.15) is 12.5 Å². The van der Waals surface area contributed by atoms with Gasteiger partial charge in [-0.3, -0.25) is 0 Å². The Bertz CT molecular complexity index is 657. The van der Waals surface area contributed by atoms with Crippen molar-refractivity contribution in [3.63, 3.8) is 0 Å². The molecule has 0 fully saturated rings. The third-order valence-corrected chi connectivity index (χ3v) is 2.87. The summed E-state index contributed by atoms with van der Waals surface area (Å²) in [4.78, 5) is 11.7. The van der Waals surface area contributed by atoms with E-state index >= 15 is 0 Å². The van der Waals surface area contributed by atoms with Gasteiger partial charge < -0.3 is 4.74 Å². The molecule has 1 atom stereocenters. The number of halogens is 1. The summed E-state index contributed by atoms with van der Waals surface area (Å²) in [5.74, 6) is -1.17. The minimum absolute atomic E-state index is 0.0200. The summed E-state index contributed by atoms with van der Waals surface area (Å²) in [7, 11) is 0. The van der Waals surface area contributed by atoms with Gasteiger partial charge in [0.25, 0.3) is 0 Å². The van der Waals surface area contributed by atoms with Gasteiger partial charge in [0.05, 0.1) is 6.61 Å². The molecule has 0 heterocycles. The number of esters is 1. The van der Waals surface area contributed by atoms with Crippen LogP contribution in [-0.4, -0.2) is 12.6 Å². The second-order valence-electron chi connectivity index (χ2n) is 4.02. The Kier molecular flexibility index (Phi) is 3.48. The molecular weight excluding hydrogens is 245 g/mol. The van der Waals surface area contributed by atoms with Crippen molar-refractivity contribution in [1.29, 1.82) is 5.26 Å². The highest BCUT2D eigenvalue weighted by Crippen LogP contribution is 2.33. The molecule has 3 nitrogen and oxygen atoms in total. The quantitative estimate of drug-likeness (QED) is 0.794. The van der Waals surface area contributed by atoms with Gasteiger partial charge in [0, 0.05) is 5.56 Å². The largest absolute Gasteiger partial charge is 0.463 e. The van der Waals surface area contributed by atoms with Crippen LogP contribution in [0.4, 0.5) is 4.39 Å². The molecule has 0 aliphatic carbocycles. The summed E-state index contributed by atoms with van der Waals surface area (Å²) in [6.45, 7) is 1.59. The van der Waals surface area contributed by atoms with Gasteiger partial charge in [-0.05, 0) is 17.7 Å². The maximum atomic E-state index is 14.7. The third kappa shape index (κ3) is 2.15. The monoisotopic (exact) mass is 257 g/mol. The number of ether oxygens (including phenoxy) is 1. The van der Waals surface area contributed by atoms with Crippen LogP contribution < -0.4 is 0 Å². The molecule has 96 valence electrons. The lowest BCUT2D eigenvalue weighted by atomic mass is 9.92. The van der Waals surface area contributed by atoms with Gasteiger partial charge in [-0.15, -0.1) is 0 Å². The first kappa shape index (κ1) is 13.0. The fraction of sp³-hybridized carbons (Fsp3) is 0.200. The molecule has 0 amide bonds. The number of carbonyl (C=O) groups excluding carboxylic acids is 1. The van der Waals surface area contributed by atoms with Crippen LogP contribution in [0, 0.1) is 11.3 Å². The SMILES string of the molecule is CCOC(=O)[C@](F)(C#N)c1cccc2ccccc12. The van der Waals surface area contributed by atoms with Crippen LogP contribution in [-0.2, 0) is 15.2 Å². The Morgan fingerprint density at radius 1 is 1.32 bits per heavy atom. The third-order valence-electron chi connectivity index (χ3n) is 2.87. The second-order valence-corrected chi connectivity index (χ2v) is 4.02. The van der Waals surface area contributed by atoms with Crippen molar-refractivity contribution < 1.29 is 13.9 Å². The average molecular weight is 257 g/mol. The predicted molar refractivity (Wildman–Crippen MR) is 69.0 cm³/mol. The zero-order chi connectivity index (χ0) is 13.9. The molecule has 4 heteroatoms. The number of carbonyl (C=O) groups is 1. The first-order valence-electron chi connectivity index (χ1n) is 5.89. The molecule has 0 saturated carbocycles. The Hall–Kier alpha value is -2.41. The highest BCUT2D eigenvalue weighted by molar-refractivity contribution is 5.94. The summed E-state index contributed by atoms with van der Waals surface area (Å²) in [6.07, 6.45) is 0. The second kappa shape index (κ2) is 5.07.